The number of carbonyl (C=O) groups is 2. The van der Waals surface area contributed by atoms with E-state index in [1.54, 1.807) is 12.0 Å². The Hall–Kier alpha value is -3.02. The van der Waals surface area contributed by atoms with Crippen molar-refractivity contribution in [1.29, 1.82) is 0 Å². The Labute approximate surface area is 164 Å². The van der Waals surface area contributed by atoms with Crippen molar-refractivity contribution in [2.24, 2.45) is 0 Å². The van der Waals surface area contributed by atoms with Crippen molar-refractivity contribution in [3.05, 3.63) is 53.6 Å². The first kappa shape index (κ1) is 18.3. The Morgan fingerprint density at radius 3 is 2.79 bits per heavy atom. The highest BCUT2D eigenvalue weighted by Gasteiger charge is 2.28. The highest BCUT2D eigenvalue weighted by molar-refractivity contribution is 6.01. The van der Waals surface area contributed by atoms with Crippen LogP contribution in [0.2, 0.25) is 0 Å². The van der Waals surface area contributed by atoms with Gasteiger partial charge in [0, 0.05) is 30.8 Å². The maximum Gasteiger partial charge on any atom is 0.242 e. The van der Waals surface area contributed by atoms with Crippen LogP contribution < -0.4 is 14.4 Å². The summed E-state index contributed by atoms with van der Waals surface area (Å²) in [6, 6.07) is 13.5. The second kappa shape index (κ2) is 7.92. The van der Waals surface area contributed by atoms with Crippen LogP contribution in [-0.2, 0) is 22.6 Å². The van der Waals surface area contributed by atoms with Crippen molar-refractivity contribution in [3.8, 4) is 11.5 Å². The molecule has 0 spiro atoms. The maximum atomic E-state index is 13.1. The summed E-state index contributed by atoms with van der Waals surface area (Å²) < 4.78 is 11.3. The molecule has 0 aliphatic carbocycles. The SMILES string of the molecule is COc1cccc2c1OCCCN(C(=O)CN1C(=O)CCc3ccccc31)C2. The lowest BCUT2D eigenvalue weighted by Gasteiger charge is -2.32. The summed E-state index contributed by atoms with van der Waals surface area (Å²) in [4.78, 5) is 29.0. The number of anilines is 1. The fourth-order valence-corrected chi connectivity index (χ4v) is 3.84. The molecule has 6 nitrogen and oxygen atoms in total. The van der Waals surface area contributed by atoms with Crippen LogP contribution in [0.15, 0.2) is 42.5 Å². The fraction of sp³-hybridized carbons (Fsp3) is 0.364. The molecule has 0 N–H and O–H groups in total. The molecule has 0 fully saturated rings. The molecule has 0 bridgehead atoms. The summed E-state index contributed by atoms with van der Waals surface area (Å²) in [5.41, 5.74) is 2.88. The van der Waals surface area contributed by atoms with Crippen LogP contribution in [0.5, 0.6) is 11.5 Å². The molecule has 0 saturated carbocycles. The number of rotatable bonds is 3. The molecule has 146 valence electrons. The number of nitrogens with zero attached hydrogens (tertiary/aromatic N) is 2. The third kappa shape index (κ3) is 3.54. The summed E-state index contributed by atoms with van der Waals surface area (Å²) in [6.45, 7) is 1.62. The summed E-state index contributed by atoms with van der Waals surface area (Å²) >= 11 is 0. The molecule has 2 heterocycles. The van der Waals surface area contributed by atoms with Gasteiger partial charge in [0.15, 0.2) is 11.5 Å². The second-order valence-corrected chi connectivity index (χ2v) is 7.07. The van der Waals surface area contributed by atoms with Crippen molar-refractivity contribution in [1.82, 2.24) is 4.90 Å². The van der Waals surface area contributed by atoms with E-state index in [9.17, 15) is 9.59 Å². The maximum absolute atomic E-state index is 13.1. The van der Waals surface area contributed by atoms with Gasteiger partial charge in [-0.25, -0.2) is 0 Å². The third-order valence-corrected chi connectivity index (χ3v) is 5.30. The minimum Gasteiger partial charge on any atom is -0.493 e. The molecule has 4 rings (SSSR count). The molecule has 0 radical (unpaired) electrons. The predicted molar refractivity (Wildman–Crippen MR) is 106 cm³/mol. The van der Waals surface area contributed by atoms with Crippen LogP contribution in [0.4, 0.5) is 5.69 Å². The van der Waals surface area contributed by atoms with Crippen LogP contribution in [-0.4, -0.2) is 43.5 Å². The van der Waals surface area contributed by atoms with Gasteiger partial charge in [-0.15, -0.1) is 0 Å². The zero-order valence-electron chi connectivity index (χ0n) is 16.0. The van der Waals surface area contributed by atoms with Gasteiger partial charge in [0.2, 0.25) is 11.8 Å². The van der Waals surface area contributed by atoms with E-state index < -0.39 is 0 Å². The summed E-state index contributed by atoms with van der Waals surface area (Å²) in [6.07, 6.45) is 1.90. The number of benzene rings is 2. The van der Waals surface area contributed by atoms with Crippen molar-refractivity contribution in [2.45, 2.75) is 25.8 Å². The first-order valence-corrected chi connectivity index (χ1v) is 9.62. The molecular weight excluding hydrogens is 356 g/mol. The number of amides is 2. The molecule has 0 aromatic heterocycles. The number of ether oxygens (including phenoxy) is 2. The van der Waals surface area contributed by atoms with Gasteiger partial charge in [0.1, 0.15) is 6.54 Å². The Balaban J connectivity index is 1.56. The Morgan fingerprint density at radius 1 is 1.11 bits per heavy atom. The zero-order chi connectivity index (χ0) is 19.5. The standard InChI is InChI=1S/C22H24N2O4/c1-27-19-9-4-7-17-14-23(12-5-13-28-22(17)19)21(26)15-24-18-8-3-2-6-16(18)10-11-20(24)25/h2-4,6-9H,5,10-15H2,1H3. The Morgan fingerprint density at radius 2 is 1.93 bits per heavy atom. The number of para-hydroxylation sites is 2. The van der Waals surface area contributed by atoms with Crippen LogP contribution in [0.1, 0.15) is 24.0 Å². The summed E-state index contributed by atoms with van der Waals surface area (Å²) in [5.74, 6) is 1.32. The summed E-state index contributed by atoms with van der Waals surface area (Å²) in [7, 11) is 1.61. The minimum absolute atomic E-state index is 0.00416. The van der Waals surface area contributed by atoms with E-state index in [-0.39, 0.29) is 18.4 Å². The predicted octanol–water partition coefficient (Wildman–Crippen LogP) is 2.79. The van der Waals surface area contributed by atoms with Crippen molar-refractivity contribution in [2.75, 3.05) is 31.7 Å². The average Bonchev–Trinajstić information content (AvgIpc) is 2.70. The topological polar surface area (TPSA) is 59.1 Å². The first-order chi connectivity index (χ1) is 13.7. The normalized spacial score (nSPS) is 16.4. The van der Waals surface area contributed by atoms with Crippen molar-refractivity contribution >= 4 is 17.5 Å². The van der Waals surface area contributed by atoms with Gasteiger partial charge in [-0.05, 0) is 30.5 Å². The monoisotopic (exact) mass is 380 g/mol. The first-order valence-electron chi connectivity index (χ1n) is 9.62. The molecule has 2 aromatic rings. The number of aryl methyl sites for hydroxylation is 1. The molecule has 6 heteroatoms. The van der Waals surface area contributed by atoms with Crippen LogP contribution >= 0.6 is 0 Å². The van der Waals surface area contributed by atoms with Crippen LogP contribution in [0.3, 0.4) is 0 Å². The van der Waals surface area contributed by atoms with Gasteiger partial charge in [-0.3, -0.25) is 9.59 Å². The van der Waals surface area contributed by atoms with E-state index in [1.165, 1.54) is 0 Å². The van der Waals surface area contributed by atoms with Gasteiger partial charge in [0.05, 0.1) is 13.7 Å². The molecule has 2 aliphatic heterocycles. The molecule has 0 unspecified atom stereocenters. The molecule has 2 amide bonds. The van der Waals surface area contributed by atoms with E-state index in [2.05, 4.69) is 0 Å². The lowest BCUT2D eigenvalue weighted by molar-refractivity contribution is -0.132. The van der Waals surface area contributed by atoms with Gasteiger partial charge < -0.3 is 19.3 Å². The van der Waals surface area contributed by atoms with E-state index in [4.69, 9.17) is 9.47 Å². The van der Waals surface area contributed by atoms with E-state index >= 15 is 0 Å². The number of fused-ring (bicyclic) bond motifs is 2. The van der Waals surface area contributed by atoms with Crippen LogP contribution in [0.25, 0.3) is 0 Å². The minimum atomic E-state index is -0.0549. The zero-order valence-corrected chi connectivity index (χ0v) is 16.0. The quantitative estimate of drug-likeness (QED) is 0.822. The smallest absolute Gasteiger partial charge is 0.242 e. The van der Waals surface area contributed by atoms with Crippen LogP contribution in [0, 0.1) is 0 Å². The van der Waals surface area contributed by atoms with E-state index in [0.29, 0.717) is 37.6 Å². The average molecular weight is 380 g/mol. The molecular formula is C22H24N2O4. The highest BCUT2D eigenvalue weighted by atomic mass is 16.5. The summed E-state index contributed by atoms with van der Waals surface area (Å²) in [5, 5.41) is 0. The van der Waals surface area contributed by atoms with E-state index in [0.717, 1.165) is 29.7 Å². The number of hydrogen-bond donors (Lipinski definition) is 0. The van der Waals surface area contributed by atoms with Gasteiger partial charge in [0.25, 0.3) is 0 Å². The van der Waals surface area contributed by atoms with Gasteiger partial charge in [-0.1, -0.05) is 30.3 Å². The largest absolute Gasteiger partial charge is 0.493 e. The Kier molecular flexibility index (Phi) is 5.19. The fourth-order valence-electron chi connectivity index (χ4n) is 3.84. The lowest BCUT2D eigenvalue weighted by atomic mass is 10.0. The molecule has 0 atom stereocenters. The number of carbonyl (C=O) groups excluding carboxylic acids is 2. The van der Waals surface area contributed by atoms with Gasteiger partial charge >= 0.3 is 0 Å². The van der Waals surface area contributed by atoms with Gasteiger partial charge in [-0.2, -0.15) is 0 Å². The van der Waals surface area contributed by atoms with Crippen molar-refractivity contribution in [3.63, 3.8) is 0 Å². The second-order valence-electron chi connectivity index (χ2n) is 7.07. The highest BCUT2D eigenvalue weighted by Crippen LogP contribution is 2.33. The number of methoxy groups -OCH3 is 1. The van der Waals surface area contributed by atoms with E-state index in [1.807, 2.05) is 47.4 Å². The Bertz CT molecular complexity index is 896. The molecule has 2 aliphatic rings. The third-order valence-electron chi connectivity index (χ3n) is 5.30. The molecule has 0 saturated heterocycles. The molecule has 28 heavy (non-hydrogen) atoms. The van der Waals surface area contributed by atoms with Crippen molar-refractivity contribution < 1.29 is 19.1 Å². The number of hydrogen-bond acceptors (Lipinski definition) is 4. The molecule has 2 aromatic carbocycles. The lowest BCUT2D eigenvalue weighted by Crippen LogP contribution is -2.45.